The van der Waals surface area contributed by atoms with Crippen molar-refractivity contribution in [2.45, 2.75) is 12.7 Å². The third kappa shape index (κ3) is 2.80. The standard InChI is InChI=1S/C13H10F3NO/c14-13(15,16)11-9-17(7-6-12(11)18)8-10-4-2-1-3-5-10/h1-7,9H,8H2. The summed E-state index contributed by atoms with van der Waals surface area (Å²) in [6.07, 6.45) is -2.42. The molecule has 5 heteroatoms. The van der Waals surface area contributed by atoms with Gasteiger partial charge in [0.2, 0.25) is 0 Å². The smallest absolute Gasteiger partial charge is 0.349 e. The second-order valence-corrected chi connectivity index (χ2v) is 3.88. The third-order valence-corrected chi connectivity index (χ3v) is 2.49. The van der Waals surface area contributed by atoms with E-state index in [4.69, 9.17) is 0 Å². The predicted molar refractivity (Wildman–Crippen MR) is 61.2 cm³/mol. The number of hydrogen-bond donors (Lipinski definition) is 0. The average molecular weight is 253 g/mol. The Morgan fingerprint density at radius 3 is 2.33 bits per heavy atom. The van der Waals surface area contributed by atoms with Crippen LogP contribution >= 0.6 is 0 Å². The van der Waals surface area contributed by atoms with Gasteiger partial charge >= 0.3 is 6.18 Å². The van der Waals surface area contributed by atoms with E-state index in [0.717, 1.165) is 17.8 Å². The Labute approximate surface area is 101 Å². The van der Waals surface area contributed by atoms with E-state index in [1.54, 1.807) is 0 Å². The van der Waals surface area contributed by atoms with E-state index in [1.807, 2.05) is 30.3 Å². The van der Waals surface area contributed by atoms with Crippen LogP contribution in [-0.4, -0.2) is 4.57 Å². The van der Waals surface area contributed by atoms with Gasteiger partial charge in [-0.15, -0.1) is 0 Å². The van der Waals surface area contributed by atoms with Crippen LogP contribution in [0.5, 0.6) is 0 Å². The van der Waals surface area contributed by atoms with Crippen LogP contribution in [0.2, 0.25) is 0 Å². The van der Waals surface area contributed by atoms with Crippen molar-refractivity contribution in [1.82, 2.24) is 4.57 Å². The molecule has 0 aliphatic carbocycles. The van der Waals surface area contributed by atoms with Gasteiger partial charge in [0.1, 0.15) is 5.56 Å². The fourth-order valence-corrected chi connectivity index (χ4v) is 1.63. The molecule has 1 heterocycles. The molecule has 0 unspecified atom stereocenters. The van der Waals surface area contributed by atoms with Gasteiger partial charge in [0.15, 0.2) is 5.43 Å². The molecule has 1 aromatic heterocycles. The first-order chi connectivity index (χ1) is 8.47. The van der Waals surface area contributed by atoms with E-state index in [9.17, 15) is 18.0 Å². The highest BCUT2D eigenvalue weighted by atomic mass is 19.4. The molecule has 0 spiro atoms. The Morgan fingerprint density at radius 1 is 1.06 bits per heavy atom. The Hall–Kier alpha value is -2.04. The molecule has 18 heavy (non-hydrogen) atoms. The van der Waals surface area contributed by atoms with Gasteiger partial charge in [-0.1, -0.05) is 30.3 Å². The molecule has 0 fully saturated rings. The van der Waals surface area contributed by atoms with Crippen molar-refractivity contribution in [2.24, 2.45) is 0 Å². The van der Waals surface area contributed by atoms with Crippen LogP contribution in [0.15, 0.2) is 53.6 Å². The number of benzene rings is 1. The van der Waals surface area contributed by atoms with E-state index in [-0.39, 0.29) is 0 Å². The van der Waals surface area contributed by atoms with Crippen LogP contribution in [-0.2, 0) is 12.7 Å². The van der Waals surface area contributed by atoms with Crippen molar-refractivity contribution in [3.05, 3.63) is 70.1 Å². The number of alkyl halides is 3. The van der Waals surface area contributed by atoms with Crippen molar-refractivity contribution in [3.8, 4) is 0 Å². The van der Waals surface area contributed by atoms with Crippen LogP contribution < -0.4 is 5.43 Å². The number of hydrogen-bond acceptors (Lipinski definition) is 1. The molecule has 2 nitrogen and oxygen atoms in total. The fourth-order valence-electron chi connectivity index (χ4n) is 1.63. The van der Waals surface area contributed by atoms with Gasteiger partial charge in [0.05, 0.1) is 0 Å². The second kappa shape index (κ2) is 4.68. The second-order valence-electron chi connectivity index (χ2n) is 3.88. The van der Waals surface area contributed by atoms with E-state index in [1.165, 1.54) is 10.8 Å². The maximum atomic E-state index is 12.6. The zero-order chi connectivity index (χ0) is 13.2. The van der Waals surface area contributed by atoms with Gasteiger partial charge in [0.25, 0.3) is 0 Å². The summed E-state index contributed by atoms with van der Waals surface area (Å²) in [7, 11) is 0. The predicted octanol–water partition coefficient (Wildman–Crippen LogP) is 2.92. The highest BCUT2D eigenvalue weighted by Crippen LogP contribution is 2.26. The Kier molecular flexibility index (Phi) is 3.23. The summed E-state index contributed by atoms with van der Waals surface area (Å²) >= 11 is 0. The Bertz CT molecular complexity index is 587. The molecule has 0 saturated heterocycles. The van der Waals surface area contributed by atoms with Crippen LogP contribution in [0, 0.1) is 0 Å². The Morgan fingerprint density at radius 2 is 1.72 bits per heavy atom. The summed E-state index contributed by atoms with van der Waals surface area (Å²) in [5.41, 5.74) is -1.28. The van der Waals surface area contributed by atoms with E-state index < -0.39 is 17.2 Å². The van der Waals surface area contributed by atoms with Gasteiger partial charge in [-0.3, -0.25) is 4.79 Å². The van der Waals surface area contributed by atoms with Crippen LogP contribution in [0.3, 0.4) is 0 Å². The zero-order valence-corrected chi connectivity index (χ0v) is 9.32. The van der Waals surface area contributed by atoms with Gasteiger partial charge in [-0.2, -0.15) is 13.2 Å². The molecule has 94 valence electrons. The quantitative estimate of drug-likeness (QED) is 0.806. The molecule has 0 saturated carbocycles. The molecule has 2 aromatic rings. The molecule has 0 bridgehead atoms. The number of aromatic nitrogens is 1. The normalized spacial score (nSPS) is 11.5. The van der Waals surface area contributed by atoms with Crippen LogP contribution in [0.1, 0.15) is 11.1 Å². The summed E-state index contributed by atoms with van der Waals surface area (Å²) in [6, 6.07) is 10.0. The lowest BCUT2D eigenvalue weighted by atomic mass is 10.2. The minimum Gasteiger partial charge on any atom is -0.349 e. The molecule has 2 rings (SSSR count). The number of rotatable bonds is 2. The first kappa shape index (κ1) is 12.4. The molecule has 0 radical (unpaired) electrons. The van der Waals surface area contributed by atoms with Gasteiger partial charge in [0, 0.05) is 25.0 Å². The Balaban J connectivity index is 2.34. The molecule has 0 amide bonds. The third-order valence-electron chi connectivity index (χ3n) is 2.49. The first-order valence-corrected chi connectivity index (χ1v) is 5.28. The molecule has 0 aliphatic heterocycles. The molecule has 1 aromatic carbocycles. The van der Waals surface area contributed by atoms with Crippen molar-refractivity contribution in [3.63, 3.8) is 0 Å². The lowest BCUT2D eigenvalue weighted by Gasteiger charge is -2.10. The number of halogens is 3. The lowest BCUT2D eigenvalue weighted by molar-refractivity contribution is -0.138. The van der Waals surface area contributed by atoms with Crippen LogP contribution in [0.25, 0.3) is 0 Å². The van der Waals surface area contributed by atoms with E-state index >= 15 is 0 Å². The van der Waals surface area contributed by atoms with Crippen molar-refractivity contribution >= 4 is 0 Å². The summed E-state index contributed by atoms with van der Waals surface area (Å²) in [4.78, 5) is 11.1. The fraction of sp³-hybridized carbons (Fsp3) is 0.154. The van der Waals surface area contributed by atoms with Gasteiger partial charge in [-0.25, -0.2) is 0 Å². The van der Waals surface area contributed by atoms with Crippen molar-refractivity contribution in [1.29, 1.82) is 0 Å². The molecule has 0 aliphatic rings. The number of nitrogens with zero attached hydrogens (tertiary/aromatic N) is 1. The molecular weight excluding hydrogens is 243 g/mol. The summed E-state index contributed by atoms with van der Waals surface area (Å²) in [5, 5.41) is 0. The summed E-state index contributed by atoms with van der Waals surface area (Å²) < 4.78 is 39.0. The maximum absolute atomic E-state index is 12.6. The van der Waals surface area contributed by atoms with Gasteiger partial charge < -0.3 is 4.57 Å². The maximum Gasteiger partial charge on any atom is 0.421 e. The lowest BCUT2D eigenvalue weighted by Crippen LogP contribution is -2.20. The topological polar surface area (TPSA) is 22.0 Å². The zero-order valence-electron chi connectivity index (χ0n) is 9.32. The molecular formula is C13H10F3NO. The van der Waals surface area contributed by atoms with E-state index in [2.05, 4.69) is 0 Å². The minimum absolute atomic E-state index is 0.296. The van der Waals surface area contributed by atoms with Gasteiger partial charge in [-0.05, 0) is 5.56 Å². The largest absolute Gasteiger partial charge is 0.421 e. The highest BCUT2D eigenvalue weighted by molar-refractivity contribution is 5.18. The van der Waals surface area contributed by atoms with E-state index in [0.29, 0.717) is 6.54 Å². The minimum atomic E-state index is -4.61. The van der Waals surface area contributed by atoms with Crippen molar-refractivity contribution in [2.75, 3.05) is 0 Å². The monoisotopic (exact) mass is 253 g/mol. The highest BCUT2D eigenvalue weighted by Gasteiger charge is 2.33. The summed E-state index contributed by atoms with van der Waals surface area (Å²) in [6.45, 7) is 0.296. The van der Waals surface area contributed by atoms with Crippen molar-refractivity contribution < 1.29 is 13.2 Å². The SMILES string of the molecule is O=c1ccn(Cc2ccccc2)cc1C(F)(F)F. The first-order valence-electron chi connectivity index (χ1n) is 5.28. The average Bonchev–Trinajstić information content (AvgIpc) is 2.31. The number of pyridine rings is 1. The molecule has 0 atom stereocenters. The van der Waals surface area contributed by atoms with Crippen LogP contribution in [0.4, 0.5) is 13.2 Å². The molecule has 0 N–H and O–H groups in total. The summed E-state index contributed by atoms with van der Waals surface area (Å²) in [5.74, 6) is 0.